The number of nitrogens with zero attached hydrogens (tertiary/aromatic N) is 2. The number of rotatable bonds is 3. The average molecular weight is 251 g/mol. The van der Waals surface area contributed by atoms with Crippen LogP contribution < -0.4 is 5.73 Å². The van der Waals surface area contributed by atoms with Crippen molar-refractivity contribution in [1.29, 1.82) is 0 Å². The Hall–Kier alpha value is -0.870. The monoisotopic (exact) mass is 251 g/mol. The Morgan fingerprint density at radius 2 is 2.33 bits per heavy atom. The Labute approximate surface area is 110 Å². The second kappa shape index (κ2) is 5.85. The van der Waals surface area contributed by atoms with E-state index in [9.17, 15) is 4.79 Å². The van der Waals surface area contributed by atoms with Crippen LogP contribution in [0.3, 0.4) is 0 Å². The normalized spacial score (nSPS) is 29.2. The van der Waals surface area contributed by atoms with Crippen LogP contribution in [-0.2, 0) is 4.79 Å². The molecule has 0 saturated carbocycles. The van der Waals surface area contributed by atoms with Gasteiger partial charge in [-0.2, -0.15) is 0 Å². The second-order valence-electron chi connectivity index (χ2n) is 5.84. The quantitative estimate of drug-likeness (QED) is 0.819. The molecule has 2 N–H and O–H groups in total. The van der Waals surface area contributed by atoms with Crippen LogP contribution in [0.25, 0.3) is 0 Å². The van der Waals surface area contributed by atoms with E-state index in [0.29, 0.717) is 12.5 Å². The number of hydrogen-bond donors (Lipinski definition) is 1. The third kappa shape index (κ3) is 3.33. The highest BCUT2D eigenvalue weighted by Gasteiger charge is 2.25. The largest absolute Gasteiger partial charge is 0.327 e. The smallest absolute Gasteiger partial charge is 0.240 e. The molecule has 0 spiro atoms. The molecule has 0 radical (unpaired) electrons. The third-order valence-electron chi connectivity index (χ3n) is 3.95. The number of carbonyl (C=O) groups is 1. The molecule has 1 aliphatic carbocycles. The van der Waals surface area contributed by atoms with Gasteiger partial charge in [-0.05, 0) is 31.6 Å². The van der Waals surface area contributed by atoms with Gasteiger partial charge in [0.2, 0.25) is 5.91 Å². The van der Waals surface area contributed by atoms with E-state index >= 15 is 0 Å². The number of nitrogens with two attached hydrogens (primary N) is 1. The van der Waals surface area contributed by atoms with Crippen LogP contribution in [0.15, 0.2) is 11.8 Å². The van der Waals surface area contributed by atoms with E-state index in [1.807, 2.05) is 11.9 Å². The molecule has 0 aromatic rings. The lowest BCUT2D eigenvalue weighted by atomic mass is 9.96. The summed E-state index contributed by atoms with van der Waals surface area (Å²) in [7, 11) is 1.90. The van der Waals surface area contributed by atoms with Gasteiger partial charge in [-0.15, -0.1) is 0 Å². The third-order valence-corrected chi connectivity index (χ3v) is 3.95. The van der Waals surface area contributed by atoms with Crippen molar-refractivity contribution in [2.45, 2.75) is 38.6 Å². The maximum atomic E-state index is 12.2. The maximum absolute atomic E-state index is 12.2. The zero-order chi connectivity index (χ0) is 13.1. The Balaban J connectivity index is 1.86. The predicted octanol–water partition coefficient (Wildman–Crippen LogP) is 1.18. The van der Waals surface area contributed by atoms with Crippen LogP contribution in [-0.4, -0.2) is 48.4 Å². The molecule has 1 saturated heterocycles. The van der Waals surface area contributed by atoms with E-state index in [2.05, 4.69) is 17.9 Å². The van der Waals surface area contributed by atoms with Crippen molar-refractivity contribution in [1.82, 2.24) is 9.80 Å². The van der Waals surface area contributed by atoms with Gasteiger partial charge in [0.25, 0.3) is 0 Å². The van der Waals surface area contributed by atoms with Crippen molar-refractivity contribution in [3.8, 4) is 0 Å². The van der Waals surface area contributed by atoms with Crippen molar-refractivity contribution >= 4 is 5.91 Å². The van der Waals surface area contributed by atoms with Gasteiger partial charge in [0.15, 0.2) is 0 Å². The second-order valence-corrected chi connectivity index (χ2v) is 5.84. The molecule has 0 aromatic carbocycles. The highest BCUT2D eigenvalue weighted by molar-refractivity contribution is 5.79. The fraction of sp³-hybridized carbons (Fsp3) is 0.786. The first kappa shape index (κ1) is 13.6. The summed E-state index contributed by atoms with van der Waals surface area (Å²) in [5, 5.41) is 0. The van der Waals surface area contributed by atoms with E-state index in [0.717, 1.165) is 32.4 Å². The van der Waals surface area contributed by atoms with Gasteiger partial charge < -0.3 is 10.6 Å². The molecule has 0 bridgehead atoms. The van der Waals surface area contributed by atoms with Crippen molar-refractivity contribution in [2.75, 3.05) is 26.7 Å². The molecular formula is C14H25N3O. The van der Waals surface area contributed by atoms with E-state index in [1.165, 1.54) is 12.1 Å². The average Bonchev–Trinajstić information content (AvgIpc) is 2.79. The van der Waals surface area contributed by atoms with Gasteiger partial charge in [-0.25, -0.2) is 0 Å². The number of hydrogen-bond acceptors (Lipinski definition) is 3. The van der Waals surface area contributed by atoms with Gasteiger partial charge in [-0.1, -0.05) is 13.0 Å². The summed E-state index contributed by atoms with van der Waals surface area (Å²) in [6.45, 7) is 4.56. The molecule has 18 heavy (non-hydrogen) atoms. The summed E-state index contributed by atoms with van der Waals surface area (Å²) < 4.78 is 0. The highest BCUT2D eigenvalue weighted by Crippen LogP contribution is 2.21. The van der Waals surface area contributed by atoms with Gasteiger partial charge in [0.1, 0.15) is 0 Å². The molecule has 1 amide bonds. The Morgan fingerprint density at radius 1 is 1.56 bits per heavy atom. The van der Waals surface area contributed by atoms with Crippen LogP contribution in [0, 0.1) is 5.92 Å². The molecular weight excluding hydrogens is 226 g/mol. The first-order chi connectivity index (χ1) is 8.56. The minimum atomic E-state index is 0.199. The van der Waals surface area contributed by atoms with Crippen LogP contribution in [0.4, 0.5) is 0 Å². The van der Waals surface area contributed by atoms with E-state index in [1.54, 1.807) is 0 Å². The van der Waals surface area contributed by atoms with Crippen LogP contribution in [0.1, 0.15) is 32.6 Å². The van der Waals surface area contributed by atoms with E-state index in [4.69, 9.17) is 5.73 Å². The van der Waals surface area contributed by atoms with Gasteiger partial charge >= 0.3 is 0 Å². The summed E-state index contributed by atoms with van der Waals surface area (Å²) in [5.74, 6) is 0.794. The first-order valence-corrected chi connectivity index (χ1v) is 6.99. The van der Waals surface area contributed by atoms with E-state index < -0.39 is 0 Å². The molecule has 2 rings (SSSR count). The molecule has 2 atom stereocenters. The number of likely N-dealkylation sites (N-methyl/N-ethyl adjacent to an activating group) is 1. The van der Waals surface area contributed by atoms with Crippen molar-refractivity contribution in [2.24, 2.45) is 11.7 Å². The van der Waals surface area contributed by atoms with Crippen molar-refractivity contribution in [3.63, 3.8) is 0 Å². The molecule has 4 nitrogen and oxygen atoms in total. The number of piperidine rings is 1. The standard InChI is InChI=1S/C14H25N3O/c1-11-7-12(15)9-17(8-11)10-14(18)16(2)13-5-3-4-6-13/h5,11-12H,3-4,6-10,15H2,1-2H3. The Kier molecular flexibility index (Phi) is 4.40. The van der Waals surface area contributed by atoms with Crippen molar-refractivity contribution < 1.29 is 4.79 Å². The molecule has 1 fully saturated rings. The number of allylic oxidation sites excluding steroid dienone is 2. The zero-order valence-corrected chi connectivity index (χ0v) is 11.6. The van der Waals surface area contributed by atoms with Gasteiger partial charge in [0, 0.05) is 31.9 Å². The topological polar surface area (TPSA) is 49.6 Å². The summed E-state index contributed by atoms with van der Waals surface area (Å²) >= 11 is 0. The lowest BCUT2D eigenvalue weighted by Gasteiger charge is -2.35. The minimum Gasteiger partial charge on any atom is -0.327 e. The minimum absolute atomic E-state index is 0.199. The highest BCUT2D eigenvalue weighted by atomic mass is 16.2. The molecule has 102 valence electrons. The van der Waals surface area contributed by atoms with Crippen molar-refractivity contribution in [3.05, 3.63) is 11.8 Å². The number of amides is 1. The molecule has 2 unspecified atom stereocenters. The fourth-order valence-electron chi connectivity index (χ4n) is 3.06. The summed E-state index contributed by atoms with van der Waals surface area (Å²) in [6.07, 6.45) is 6.59. The maximum Gasteiger partial charge on any atom is 0.240 e. The Bertz CT molecular complexity index is 330. The number of likely N-dealkylation sites (tertiary alicyclic amines) is 1. The molecule has 1 heterocycles. The Morgan fingerprint density at radius 3 is 2.94 bits per heavy atom. The molecule has 1 aliphatic heterocycles. The molecule has 4 heteroatoms. The van der Waals surface area contributed by atoms with Crippen LogP contribution in [0.2, 0.25) is 0 Å². The van der Waals surface area contributed by atoms with Gasteiger partial charge in [0.05, 0.1) is 6.54 Å². The lowest BCUT2D eigenvalue weighted by Crippen LogP contribution is -2.49. The van der Waals surface area contributed by atoms with E-state index in [-0.39, 0.29) is 11.9 Å². The zero-order valence-electron chi connectivity index (χ0n) is 11.6. The lowest BCUT2D eigenvalue weighted by molar-refractivity contribution is -0.129. The van der Waals surface area contributed by atoms with Crippen LogP contribution >= 0.6 is 0 Å². The molecule has 0 aromatic heterocycles. The van der Waals surface area contributed by atoms with Gasteiger partial charge in [-0.3, -0.25) is 9.69 Å². The SMILES string of the molecule is CC1CC(N)CN(CC(=O)N(C)C2=CCCC2)C1. The first-order valence-electron chi connectivity index (χ1n) is 6.99. The van der Waals surface area contributed by atoms with Crippen LogP contribution in [0.5, 0.6) is 0 Å². The summed E-state index contributed by atoms with van der Waals surface area (Å²) in [6, 6.07) is 0.220. The predicted molar refractivity (Wildman–Crippen MR) is 72.9 cm³/mol. The summed E-state index contributed by atoms with van der Waals surface area (Å²) in [5.41, 5.74) is 7.20. The summed E-state index contributed by atoms with van der Waals surface area (Å²) in [4.78, 5) is 16.2. The fourth-order valence-corrected chi connectivity index (χ4v) is 3.06. The number of carbonyl (C=O) groups excluding carboxylic acids is 1. The molecule has 2 aliphatic rings.